The van der Waals surface area contributed by atoms with Crippen LogP contribution in [-0.2, 0) is 13.1 Å². The highest BCUT2D eigenvalue weighted by Gasteiger charge is 2.24. The van der Waals surface area contributed by atoms with Crippen LogP contribution in [0.15, 0.2) is 42.5 Å². The second kappa shape index (κ2) is 7.55. The van der Waals surface area contributed by atoms with E-state index >= 15 is 0 Å². The van der Waals surface area contributed by atoms with E-state index in [1.807, 2.05) is 24.3 Å². The van der Waals surface area contributed by atoms with Gasteiger partial charge in [0.2, 0.25) is 0 Å². The van der Waals surface area contributed by atoms with Crippen molar-refractivity contribution in [2.75, 3.05) is 13.7 Å². The van der Waals surface area contributed by atoms with Crippen molar-refractivity contribution >= 4 is 6.03 Å². The number of carbonyl (C=O) groups is 1. The number of benzene rings is 2. The quantitative estimate of drug-likeness (QED) is 0.890. The Kier molecular flexibility index (Phi) is 5.22. The number of ether oxygens (including phenoxy) is 1. The zero-order chi connectivity index (χ0) is 17.8. The number of hydrogen-bond acceptors (Lipinski definition) is 2. The number of carbonyl (C=O) groups excluding carboxylic acids is 1. The van der Waals surface area contributed by atoms with Gasteiger partial charge in [0.05, 0.1) is 7.11 Å². The monoisotopic (exact) mass is 342 g/mol. The van der Waals surface area contributed by atoms with E-state index in [1.165, 1.54) is 17.7 Å². The van der Waals surface area contributed by atoms with E-state index in [2.05, 4.69) is 12.2 Å². The van der Waals surface area contributed by atoms with Crippen molar-refractivity contribution in [3.05, 3.63) is 65.0 Å². The largest absolute Gasteiger partial charge is 0.497 e. The molecule has 4 nitrogen and oxygen atoms in total. The highest BCUT2D eigenvalue weighted by Crippen LogP contribution is 2.24. The first-order chi connectivity index (χ1) is 12.1. The summed E-state index contributed by atoms with van der Waals surface area (Å²) < 4.78 is 18.5. The lowest BCUT2D eigenvalue weighted by atomic mass is 9.96. The molecule has 2 aromatic carbocycles. The molecule has 1 aliphatic rings. The predicted molar refractivity (Wildman–Crippen MR) is 95.1 cm³/mol. The summed E-state index contributed by atoms with van der Waals surface area (Å²) in [6.45, 7) is 3.66. The van der Waals surface area contributed by atoms with E-state index in [0.29, 0.717) is 19.6 Å². The van der Waals surface area contributed by atoms with Crippen molar-refractivity contribution in [2.24, 2.45) is 0 Å². The van der Waals surface area contributed by atoms with Crippen LogP contribution < -0.4 is 10.1 Å². The summed E-state index contributed by atoms with van der Waals surface area (Å²) in [6, 6.07) is 12.5. The van der Waals surface area contributed by atoms with E-state index in [0.717, 1.165) is 23.3 Å². The first-order valence-electron chi connectivity index (χ1n) is 8.54. The Hall–Kier alpha value is -2.56. The standard InChI is InChI=1S/C20H23FN2O2/c1-3-14(15-5-8-19(25-2)9-6-15)11-22-20(24)23-12-16-4-7-18(21)10-17(16)13-23/h4-10,14H,3,11-13H2,1-2H3,(H,22,24). The third-order valence-electron chi connectivity index (χ3n) is 4.76. The van der Waals surface area contributed by atoms with Crippen molar-refractivity contribution in [1.82, 2.24) is 10.2 Å². The Bertz CT molecular complexity index is 746. The Morgan fingerprint density at radius 3 is 2.60 bits per heavy atom. The van der Waals surface area contributed by atoms with Crippen molar-refractivity contribution in [2.45, 2.75) is 32.4 Å². The molecule has 1 unspecified atom stereocenters. The van der Waals surface area contributed by atoms with Crippen LogP contribution in [0.25, 0.3) is 0 Å². The molecule has 0 fully saturated rings. The summed E-state index contributed by atoms with van der Waals surface area (Å²) in [5.74, 6) is 0.813. The maximum atomic E-state index is 13.3. The number of nitrogens with one attached hydrogen (secondary N) is 1. The van der Waals surface area contributed by atoms with Gasteiger partial charge in [-0.25, -0.2) is 9.18 Å². The van der Waals surface area contributed by atoms with E-state index < -0.39 is 0 Å². The highest BCUT2D eigenvalue weighted by molar-refractivity contribution is 5.75. The van der Waals surface area contributed by atoms with Gasteiger partial charge in [-0.1, -0.05) is 25.1 Å². The minimum atomic E-state index is -0.258. The van der Waals surface area contributed by atoms with Crippen LogP contribution in [0.1, 0.15) is 36.0 Å². The molecule has 2 aromatic rings. The molecule has 0 aliphatic carbocycles. The van der Waals surface area contributed by atoms with Crippen molar-refractivity contribution < 1.29 is 13.9 Å². The minimum Gasteiger partial charge on any atom is -0.497 e. The predicted octanol–water partition coefficient (Wildman–Crippen LogP) is 4.05. The van der Waals surface area contributed by atoms with Gasteiger partial charge in [0, 0.05) is 25.6 Å². The second-order valence-electron chi connectivity index (χ2n) is 6.33. The third-order valence-corrected chi connectivity index (χ3v) is 4.76. The Balaban J connectivity index is 1.57. The molecule has 0 spiro atoms. The maximum absolute atomic E-state index is 13.3. The van der Waals surface area contributed by atoms with Crippen LogP contribution in [0, 0.1) is 5.82 Å². The second-order valence-corrected chi connectivity index (χ2v) is 6.33. The van der Waals surface area contributed by atoms with E-state index in [-0.39, 0.29) is 17.8 Å². The lowest BCUT2D eigenvalue weighted by Crippen LogP contribution is -2.38. The molecule has 0 saturated carbocycles. The molecule has 1 atom stereocenters. The van der Waals surface area contributed by atoms with Crippen LogP contribution in [-0.4, -0.2) is 24.6 Å². The number of urea groups is 1. The molecule has 0 aromatic heterocycles. The smallest absolute Gasteiger partial charge is 0.318 e. The number of nitrogens with zero attached hydrogens (tertiary/aromatic N) is 1. The lowest BCUT2D eigenvalue weighted by molar-refractivity contribution is 0.197. The van der Waals surface area contributed by atoms with Gasteiger partial charge >= 0.3 is 6.03 Å². The molecule has 3 rings (SSSR count). The fraction of sp³-hybridized carbons (Fsp3) is 0.350. The highest BCUT2D eigenvalue weighted by atomic mass is 19.1. The Morgan fingerprint density at radius 1 is 1.20 bits per heavy atom. The van der Waals surface area contributed by atoms with Crippen molar-refractivity contribution in [3.8, 4) is 5.75 Å². The zero-order valence-electron chi connectivity index (χ0n) is 14.6. The maximum Gasteiger partial charge on any atom is 0.318 e. The Labute approximate surface area is 147 Å². The zero-order valence-corrected chi connectivity index (χ0v) is 14.6. The van der Waals surface area contributed by atoms with Gasteiger partial charge in [-0.15, -0.1) is 0 Å². The number of amides is 2. The SMILES string of the molecule is CCC(CNC(=O)N1Cc2ccc(F)cc2C1)c1ccc(OC)cc1. The van der Waals surface area contributed by atoms with Gasteiger partial charge in [-0.3, -0.25) is 0 Å². The number of rotatable bonds is 5. The molecule has 0 radical (unpaired) electrons. The number of methoxy groups -OCH3 is 1. The average molecular weight is 342 g/mol. The van der Waals surface area contributed by atoms with E-state index in [9.17, 15) is 9.18 Å². The van der Waals surface area contributed by atoms with Gasteiger partial charge < -0.3 is 15.0 Å². The molecule has 1 heterocycles. The molecule has 0 bridgehead atoms. The van der Waals surface area contributed by atoms with Crippen LogP contribution in [0.3, 0.4) is 0 Å². The lowest BCUT2D eigenvalue weighted by Gasteiger charge is -2.20. The average Bonchev–Trinajstić information content (AvgIpc) is 3.05. The fourth-order valence-corrected chi connectivity index (χ4v) is 3.20. The van der Waals surface area contributed by atoms with Crippen LogP contribution >= 0.6 is 0 Å². The molecular formula is C20H23FN2O2. The first-order valence-corrected chi connectivity index (χ1v) is 8.54. The van der Waals surface area contributed by atoms with Crippen LogP contribution in [0.4, 0.5) is 9.18 Å². The molecule has 1 N–H and O–H groups in total. The molecule has 2 amide bonds. The summed E-state index contributed by atoms with van der Waals surface area (Å²) in [4.78, 5) is 14.2. The van der Waals surface area contributed by atoms with Crippen LogP contribution in [0.2, 0.25) is 0 Å². The minimum absolute atomic E-state index is 0.108. The molecular weight excluding hydrogens is 319 g/mol. The summed E-state index contributed by atoms with van der Waals surface area (Å²) in [6.07, 6.45) is 0.929. The summed E-state index contributed by atoms with van der Waals surface area (Å²) in [5.41, 5.74) is 3.08. The summed E-state index contributed by atoms with van der Waals surface area (Å²) >= 11 is 0. The number of fused-ring (bicyclic) bond motifs is 1. The van der Waals surface area contributed by atoms with Crippen LogP contribution in [0.5, 0.6) is 5.75 Å². The Morgan fingerprint density at radius 2 is 1.92 bits per heavy atom. The van der Waals surface area contributed by atoms with Gasteiger partial charge in [0.1, 0.15) is 11.6 Å². The van der Waals surface area contributed by atoms with Gasteiger partial charge in [0.15, 0.2) is 0 Å². The topological polar surface area (TPSA) is 41.6 Å². The molecule has 5 heteroatoms. The van der Waals surface area contributed by atoms with Crippen molar-refractivity contribution in [3.63, 3.8) is 0 Å². The summed E-state index contributed by atoms with van der Waals surface area (Å²) in [7, 11) is 1.65. The fourth-order valence-electron chi connectivity index (χ4n) is 3.20. The molecule has 1 aliphatic heterocycles. The van der Waals surface area contributed by atoms with Gasteiger partial charge in [-0.2, -0.15) is 0 Å². The number of hydrogen-bond donors (Lipinski definition) is 1. The van der Waals surface area contributed by atoms with E-state index in [1.54, 1.807) is 18.1 Å². The molecule has 132 valence electrons. The van der Waals surface area contributed by atoms with Crippen molar-refractivity contribution in [1.29, 1.82) is 0 Å². The third kappa shape index (κ3) is 3.92. The van der Waals surface area contributed by atoms with Gasteiger partial charge in [-0.05, 0) is 47.4 Å². The normalized spacial score (nSPS) is 14.1. The van der Waals surface area contributed by atoms with Gasteiger partial charge in [0.25, 0.3) is 0 Å². The first kappa shape index (κ1) is 17.3. The number of halogens is 1. The summed E-state index contributed by atoms with van der Waals surface area (Å²) in [5, 5.41) is 3.01. The van der Waals surface area contributed by atoms with E-state index in [4.69, 9.17) is 4.74 Å². The molecule has 25 heavy (non-hydrogen) atoms. The molecule has 0 saturated heterocycles.